The van der Waals surface area contributed by atoms with Crippen molar-refractivity contribution in [2.45, 2.75) is 30.4 Å². The van der Waals surface area contributed by atoms with Gasteiger partial charge in [-0.15, -0.1) is 0 Å². The van der Waals surface area contributed by atoms with Gasteiger partial charge in [0.1, 0.15) is 0 Å². The molecule has 7 heteroatoms. The molecule has 6 nitrogen and oxygen atoms in total. The number of carbonyl (C=O) groups is 1. The van der Waals surface area contributed by atoms with Crippen LogP contribution in [0.2, 0.25) is 0 Å². The molecule has 1 aliphatic rings. The van der Waals surface area contributed by atoms with Gasteiger partial charge in [-0.25, -0.2) is 13.1 Å². The quantitative estimate of drug-likeness (QED) is 0.920. The molecule has 1 amide bonds. The van der Waals surface area contributed by atoms with Gasteiger partial charge in [-0.05, 0) is 49.6 Å². The van der Waals surface area contributed by atoms with E-state index >= 15 is 0 Å². The number of hydrogen-bond acceptors (Lipinski definition) is 4. The molecule has 0 saturated carbocycles. The van der Waals surface area contributed by atoms with Crippen LogP contribution in [0.3, 0.4) is 0 Å². The van der Waals surface area contributed by atoms with Gasteiger partial charge in [0.15, 0.2) is 5.76 Å². The van der Waals surface area contributed by atoms with Crippen LogP contribution in [-0.4, -0.2) is 33.3 Å². The van der Waals surface area contributed by atoms with Crippen LogP contribution >= 0.6 is 0 Å². The summed E-state index contributed by atoms with van der Waals surface area (Å²) >= 11 is 0. The first-order chi connectivity index (χ1) is 11.4. The van der Waals surface area contributed by atoms with Crippen LogP contribution in [0, 0.1) is 0 Å². The number of fused-ring (bicyclic) bond motifs is 1. The Morgan fingerprint density at radius 3 is 2.75 bits per heavy atom. The molecule has 0 bridgehead atoms. The van der Waals surface area contributed by atoms with Crippen LogP contribution in [0.15, 0.2) is 45.9 Å². The highest BCUT2D eigenvalue weighted by atomic mass is 32.2. The molecule has 1 aromatic carbocycles. The largest absolute Gasteiger partial charge is 0.438 e. The van der Waals surface area contributed by atoms with Crippen molar-refractivity contribution in [3.8, 4) is 0 Å². The molecular formula is C17H20N2O4S. The molecule has 128 valence electrons. The van der Waals surface area contributed by atoms with Crippen molar-refractivity contribution >= 4 is 15.9 Å². The molecule has 1 heterocycles. The van der Waals surface area contributed by atoms with E-state index in [0.29, 0.717) is 0 Å². The molecule has 2 aromatic rings. The molecule has 0 aliphatic heterocycles. The van der Waals surface area contributed by atoms with E-state index in [9.17, 15) is 13.2 Å². The Kier molecular flexibility index (Phi) is 4.47. The maximum atomic E-state index is 12.7. The maximum absolute atomic E-state index is 12.7. The monoisotopic (exact) mass is 348 g/mol. The SMILES string of the molecule is CNS(=O)(=O)c1ccc(C(=O)N(C)C2CCCc3ccccc32)o1. The normalized spacial score (nSPS) is 17.3. The minimum atomic E-state index is -3.70. The Labute approximate surface area is 141 Å². The van der Waals surface area contributed by atoms with E-state index in [0.717, 1.165) is 24.8 Å². The predicted molar refractivity (Wildman–Crippen MR) is 89.2 cm³/mol. The van der Waals surface area contributed by atoms with Crippen molar-refractivity contribution in [1.29, 1.82) is 0 Å². The fraction of sp³-hybridized carbons (Fsp3) is 0.353. The first-order valence-electron chi connectivity index (χ1n) is 7.82. The van der Waals surface area contributed by atoms with Crippen LogP contribution in [0.4, 0.5) is 0 Å². The third-order valence-electron chi connectivity index (χ3n) is 4.45. The van der Waals surface area contributed by atoms with Gasteiger partial charge in [0.25, 0.3) is 15.9 Å². The third kappa shape index (κ3) is 2.97. The number of amides is 1. The van der Waals surface area contributed by atoms with Crippen molar-refractivity contribution in [2.75, 3.05) is 14.1 Å². The van der Waals surface area contributed by atoms with E-state index in [4.69, 9.17) is 4.42 Å². The fourth-order valence-electron chi connectivity index (χ4n) is 3.13. The number of nitrogens with zero attached hydrogens (tertiary/aromatic N) is 1. The van der Waals surface area contributed by atoms with Crippen LogP contribution in [0.1, 0.15) is 40.6 Å². The second-order valence-corrected chi connectivity index (χ2v) is 7.67. The Hall–Kier alpha value is -2.12. The molecule has 0 radical (unpaired) electrons. The lowest BCUT2D eigenvalue weighted by Gasteiger charge is -2.32. The van der Waals surface area contributed by atoms with Gasteiger partial charge < -0.3 is 9.32 Å². The topological polar surface area (TPSA) is 79.6 Å². The highest BCUT2D eigenvalue weighted by Gasteiger charge is 2.29. The van der Waals surface area contributed by atoms with E-state index in [2.05, 4.69) is 10.8 Å². The molecule has 0 fully saturated rings. The number of sulfonamides is 1. The minimum absolute atomic E-state index is 0.0226. The van der Waals surface area contributed by atoms with Crippen molar-refractivity contribution < 1.29 is 17.6 Å². The molecule has 1 N–H and O–H groups in total. The van der Waals surface area contributed by atoms with Crippen molar-refractivity contribution in [3.05, 3.63) is 53.3 Å². The van der Waals surface area contributed by atoms with E-state index in [1.807, 2.05) is 18.2 Å². The molecule has 1 aromatic heterocycles. The number of benzene rings is 1. The summed E-state index contributed by atoms with van der Waals surface area (Å²) in [6.07, 6.45) is 2.90. The highest BCUT2D eigenvalue weighted by molar-refractivity contribution is 7.89. The molecule has 0 saturated heterocycles. The minimum Gasteiger partial charge on any atom is -0.438 e. The zero-order valence-corrected chi connectivity index (χ0v) is 14.5. The second-order valence-electron chi connectivity index (χ2n) is 5.85. The number of aryl methyl sites for hydroxylation is 1. The second kappa shape index (κ2) is 6.41. The summed E-state index contributed by atoms with van der Waals surface area (Å²) in [6.45, 7) is 0. The Morgan fingerprint density at radius 2 is 2.00 bits per heavy atom. The molecule has 1 aliphatic carbocycles. The first-order valence-corrected chi connectivity index (χ1v) is 9.30. The van der Waals surface area contributed by atoms with E-state index in [1.165, 1.54) is 24.7 Å². The van der Waals surface area contributed by atoms with Crippen LogP contribution in [0.5, 0.6) is 0 Å². The maximum Gasteiger partial charge on any atom is 0.289 e. The van der Waals surface area contributed by atoms with Crippen LogP contribution in [-0.2, 0) is 16.4 Å². The van der Waals surface area contributed by atoms with Gasteiger partial charge in [0.2, 0.25) is 5.09 Å². The summed E-state index contributed by atoms with van der Waals surface area (Å²) in [5.74, 6) is -0.302. The summed E-state index contributed by atoms with van der Waals surface area (Å²) in [5, 5.41) is -0.259. The van der Waals surface area contributed by atoms with Crippen molar-refractivity contribution in [2.24, 2.45) is 0 Å². The molecular weight excluding hydrogens is 328 g/mol. The highest BCUT2D eigenvalue weighted by Crippen LogP contribution is 2.34. The van der Waals surface area contributed by atoms with Gasteiger partial charge in [-0.1, -0.05) is 24.3 Å². The number of nitrogens with one attached hydrogen (secondary N) is 1. The van der Waals surface area contributed by atoms with Gasteiger partial charge in [0.05, 0.1) is 6.04 Å². The average Bonchev–Trinajstić information content (AvgIpc) is 3.11. The lowest BCUT2D eigenvalue weighted by atomic mass is 9.87. The summed E-state index contributed by atoms with van der Waals surface area (Å²) in [4.78, 5) is 14.3. The van der Waals surface area contributed by atoms with Crippen molar-refractivity contribution in [1.82, 2.24) is 9.62 Å². The smallest absolute Gasteiger partial charge is 0.289 e. The molecule has 3 rings (SSSR count). The number of furan rings is 1. The number of carbonyl (C=O) groups excluding carboxylic acids is 1. The van der Waals surface area contributed by atoms with Crippen LogP contribution in [0.25, 0.3) is 0 Å². The summed E-state index contributed by atoms with van der Waals surface area (Å²) in [7, 11) is -0.675. The summed E-state index contributed by atoms with van der Waals surface area (Å²) < 4.78 is 30.9. The zero-order valence-electron chi connectivity index (χ0n) is 13.7. The van der Waals surface area contributed by atoms with Gasteiger partial charge in [0, 0.05) is 7.05 Å². The molecule has 24 heavy (non-hydrogen) atoms. The number of rotatable bonds is 4. The predicted octanol–water partition coefficient (Wildman–Crippen LogP) is 2.34. The van der Waals surface area contributed by atoms with Gasteiger partial charge in [-0.2, -0.15) is 0 Å². The van der Waals surface area contributed by atoms with Crippen molar-refractivity contribution in [3.63, 3.8) is 0 Å². The molecule has 0 spiro atoms. The summed E-state index contributed by atoms with van der Waals surface area (Å²) in [5.41, 5.74) is 2.40. The van der Waals surface area contributed by atoms with Gasteiger partial charge >= 0.3 is 0 Å². The molecule has 1 atom stereocenters. The van der Waals surface area contributed by atoms with Gasteiger partial charge in [-0.3, -0.25) is 4.79 Å². The van der Waals surface area contributed by atoms with Crippen LogP contribution < -0.4 is 4.72 Å². The average molecular weight is 348 g/mol. The first kappa shape index (κ1) is 16.7. The zero-order chi connectivity index (χ0) is 17.3. The fourth-order valence-corrected chi connectivity index (χ4v) is 3.77. The Balaban J connectivity index is 1.86. The molecule has 1 unspecified atom stereocenters. The Morgan fingerprint density at radius 1 is 1.25 bits per heavy atom. The van der Waals surface area contributed by atoms with E-state index in [1.54, 1.807) is 11.9 Å². The van der Waals surface area contributed by atoms with E-state index < -0.39 is 10.0 Å². The summed E-state index contributed by atoms with van der Waals surface area (Å²) in [6, 6.07) is 10.8. The third-order valence-corrected chi connectivity index (χ3v) is 5.74. The standard InChI is InChI=1S/C17H20N2O4S/c1-18-24(21,22)16-11-10-15(23-16)17(20)19(2)14-9-5-7-12-6-3-4-8-13(12)14/h3-4,6,8,10-11,14,18H,5,7,9H2,1-2H3. The lowest BCUT2D eigenvalue weighted by Crippen LogP contribution is -2.33. The Bertz CT molecular complexity index is 857. The number of hydrogen-bond donors (Lipinski definition) is 1. The lowest BCUT2D eigenvalue weighted by molar-refractivity contribution is 0.0677. The van der Waals surface area contributed by atoms with E-state index in [-0.39, 0.29) is 22.8 Å².